The number of carbonyl (C=O) groups is 2. The van der Waals surface area contributed by atoms with Gasteiger partial charge in [0.15, 0.2) is 0 Å². The van der Waals surface area contributed by atoms with E-state index in [0.717, 1.165) is 0 Å². The number of carbonyl (C=O) groups excluding carboxylic acids is 1. The number of nitrogens with two attached hydrogens (primary N) is 1. The maximum absolute atomic E-state index is 10.9. The number of rotatable bonds is 4. The van der Waals surface area contributed by atoms with Gasteiger partial charge in [0.05, 0.1) is 13.5 Å². The van der Waals surface area contributed by atoms with Crippen LogP contribution in [-0.4, -0.2) is 24.1 Å². The van der Waals surface area contributed by atoms with Crippen LogP contribution in [0.25, 0.3) is 0 Å². The molecule has 80 valence electrons. The molecule has 0 aliphatic carbocycles. The van der Waals surface area contributed by atoms with Crippen LogP contribution in [-0.2, 0) is 11.2 Å². The van der Waals surface area contributed by atoms with Gasteiger partial charge in [-0.05, 0) is 23.8 Å². The fourth-order valence-electron chi connectivity index (χ4n) is 1.20. The van der Waals surface area contributed by atoms with Crippen molar-refractivity contribution in [3.8, 4) is 5.75 Å². The fraction of sp³-hybridized carbons (Fsp3) is 0.200. The van der Waals surface area contributed by atoms with Gasteiger partial charge in [-0.3, -0.25) is 9.59 Å². The monoisotopic (exact) mass is 209 g/mol. The number of methoxy groups -OCH3 is 1. The van der Waals surface area contributed by atoms with E-state index in [4.69, 9.17) is 15.6 Å². The Kier molecular flexibility index (Phi) is 3.28. The molecule has 1 aromatic carbocycles. The van der Waals surface area contributed by atoms with Gasteiger partial charge in [-0.2, -0.15) is 0 Å². The SMILES string of the molecule is COc1cc(CC(=O)O)cc(C(N)=O)c1. The lowest BCUT2D eigenvalue weighted by Gasteiger charge is -2.05. The molecular formula is C10H11NO4. The molecule has 5 heteroatoms. The molecule has 3 N–H and O–H groups in total. The molecule has 0 aromatic heterocycles. The molecule has 5 nitrogen and oxygen atoms in total. The topological polar surface area (TPSA) is 89.6 Å². The van der Waals surface area contributed by atoms with Crippen molar-refractivity contribution in [1.29, 1.82) is 0 Å². The van der Waals surface area contributed by atoms with E-state index in [1.54, 1.807) is 6.07 Å². The Morgan fingerprint density at radius 3 is 2.53 bits per heavy atom. The second-order valence-electron chi connectivity index (χ2n) is 3.00. The Balaban J connectivity index is 3.11. The second kappa shape index (κ2) is 4.45. The van der Waals surface area contributed by atoms with Crippen LogP contribution in [0.3, 0.4) is 0 Å². The Morgan fingerprint density at radius 1 is 1.40 bits per heavy atom. The number of carboxylic acid groups (broad SMARTS) is 1. The summed E-state index contributed by atoms with van der Waals surface area (Å²) in [5.41, 5.74) is 5.82. The van der Waals surface area contributed by atoms with Crippen molar-refractivity contribution in [3.63, 3.8) is 0 Å². The Bertz CT molecular complexity index is 400. The van der Waals surface area contributed by atoms with Crippen LogP contribution in [0.4, 0.5) is 0 Å². The summed E-state index contributed by atoms with van der Waals surface area (Å²) in [5.74, 6) is -1.17. The molecule has 0 radical (unpaired) electrons. The predicted octanol–water partition coefficient (Wildman–Crippen LogP) is 0.421. The molecular weight excluding hydrogens is 198 g/mol. The molecule has 0 bridgehead atoms. The molecule has 0 aliphatic rings. The molecule has 0 spiro atoms. The van der Waals surface area contributed by atoms with Crippen LogP contribution in [0.1, 0.15) is 15.9 Å². The van der Waals surface area contributed by atoms with Gasteiger partial charge >= 0.3 is 5.97 Å². The zero-order chi connectivity index (χ0) is 11.4. The van der Waals surface area contributed by atoms with Crippen molar-refractivity contribution in [2.24, 2.45) is 5.73 Å². The van der Waals surface area contributed by atoms with Gasteiger partial charge in [-0.1, -0.05) is 0 Å². The first-order valence-electron chi connectivity index (χ1n) is 4.22. The molecule has 0 saturated carbocycles. The van der Waals surface area contributed by atoms with Crippen LogP contribution < -0.4 is 10.5 Å². The number of hydrogen-bond donors (Lipinski definition) is 2. The largest absolute Gasteiger partial charge is 0.497 e. The fourth-order valence-corrected chi connectivity index (χ4v) is 1.20. The van der Waals surface area contributed by atoms with Crippen molar-refractivity contribution in [2.45, 2.75) is 6.42 Å². The molecule has 0 heterocycles. The van der Waals surface area contributed by atoms with Gasteiger partial charge in [-0.15, -0.1) is 0 Å². The number of aliphatic carboxylic acids is 1. The number of carboxylic acids is 1. The quantitative estimate of drug-likeness (QED) is 0.752. The third-order valence-corrected chi connectivity index (χ3v) is 1.84. The van der Waals surface area contributed by atoms with E-state index in [0.29, 0.717) is 11.3 Å². The molecule has 1 amide bonds. The first-order chi connectivity index (χ1) is 7.02. The average molecular weight is 209 g/mol. The van der Waals surface area contributed by atoms with Gasteiger partial charge in [0.25, 0.3) is 0 Å². The molecule has 0 unspecified atom stereocenters. The summed E-state index contributed by atoms with van der Waals surface area (Å²) in [5, 5.41) is 8.60. The van der Waals surface area contributed by atoms with E-state index in [2.05, 4.69) is 0 Å². The normalized spacial score (nSPS) is 9.67. The van der Waals surface area contributed by atoms with Crippen molar-refractivity contribution >= 4 is 11.9 Å². The summed E-state index contributed by atoms with van der Waals surface area (Å²) in [6, 6.07) is 4.47. The minimum atomic E-state index is -0.973. The average Bonchev–Trinajstić information content (AvgIpc) is 2.16. The van der Waals surface area contributed by atoms with Crippen LogP contribution in [0.2, 0.25) is 0 Å². The van der Waals surface area contributed by atoms with E-state index in [1.807, 2.05) is 0 Å². The van der Waals surface area contributed by atoms with Gasteiger partial charge in [0.2, 0.25) is 5.91 Å². The van der Waals surface area contributed by atoms with E-state index in [-0.39, 0.29) is 12.0 Å². The summed E-state index contributed by atoms with van der Waals surface area (Å²) in [6.45, 7) is 0. The standard InChI is InChI=1S/C10H11NO4/c1-15-8-3-6(4-9(12)13)2-7(5-8)10(11)14/h2-3,5H,4H2,1H3,(H2,11,14)(H,12,13). The van der Waals surface area contributed by atoms with Crippen LogP contribution in [0, 0.1) is 0 Å². The minimum absolute atomic E-state index is 0.169. The van der Waals surface area contributed by atoms with Crippen molar-refractivity contribution in [2.75, 3.05) is 7.11 Å². The number of hydrogen-bond acceptors (Lipinski definition) is 3. The van der Waals surface area contributed by atoms with Gasteiger partial charge in [0, 0.05) is 5.56 Å². The molecule has 1 aromatic rings. The summed E-state index contributed by atoms with van der Waals surface area (Å²) in [4.78, 5) is 21.4. The van der Waals surface area contributed by atoms with Gasteiger partial charge < -0.3 is 15.6 Å². The van der Waals surface area contributed by atoms with Crippen LogP contribution in [0.15, 0.2) is 18.2 Å². The summed E-state index contributed by atoms with van der Waals surface area (Å²) >= 11 is 0. The summed E-state index contributed by atoms with van der Waals surface area (Å²) < 4.78 is 4.93. The minimum Gasteiger partial charge on any atom is -0.497 e. The zero-order valence-electron chi connectivity index (χ0n) is 8.19. The third kappa shape index (κ3) is 2.98. The predicted molar refractivity (Wildman–Crippen MR) is 52.9 cm³/mol. The maximum atomic E-state index is 10.9. The number of ether oxygens (including phenoxy) is 1. The number of benzene rings is 1. The highest BCUT2D eigenvalue weighted by Gasteiger charge is 2.08. The highest BCUT2D eigenvalue weighted by Crippen LogP contribution is 2.17. The Hall–Kier alpha value is -2.04. The van der Waals surface area contributed by atoms with E-state index in [9.17, 15) is 9.59 Å². The molecule has 0 saturated heterocycles. The highest BCUT2D eigenvalue weighted by molar-refractivity contribution is 5.93. The molecule has 0 fully saturated rings. The zero-order valence-corrected chi connectivity index (χ0v) is 8.19. The number of primary amides is 1. The second-order valence-corrected chi connectivity index (χ2v) is 3.00. The van der Waals surface area contributed by atoms with Crippen LogP contribution in [0.5, 0.6) is 5.75 Å². The molecule has 0 aliphatic heterocycles. The highest BCUT2D eigenvalue weighted by atomic mass is 16.5. The van der Waals surface area contributed by atoms with Crippen molar-refractivity contribution < 1.29 is 19.4 Å². The molecule has 1 rings (SSSR count). The Morgan fingerprint density at radius 2 is 2.07 bits per heavy atom. The molecule has 15 heavy (non-hydrogen) atoms. The van der Waals surface area contributed by atoms with E-state index < -0.39 is 11.9 Å². The Labute approximate surface area is 86.5 Å². The summed E-state index contributed by atoms with van der Waals surface area (Å²) in [7, 11) is 1.44. The van der Waals surface area contributed by atoms with E-state index >= 15 is 0 Å². The maximum Gasteiger partial charge on any atom is 0.307 e. The van der Waals surface area contributed by atoms with Crippen molar-refractivity contribution in [1.82, 2.24) is 0 Å². The first kappa shape index (κ1) is 11.0. The van der Waals surface area contributed by atoms with Gasteiger partial charge in [-0.25, -0.2) is 0 Å². The molecule has 0 atom stereocenters. The lowest BCUT2D eigenvalue weighted by molar-refractivity contribution is -0.136. The number of amides is 1. The third-order valence-electron chi connectivity index (χ3n) is 1.84. The lowest BCUT2D eigenvalue weighted by Crippen LogP contribution is -2.12. The first-order valence-corrected chi connectivity index (χ1v) is 4.22. The lowest BCUT2D eigenvalue weighted by atomic mass is 10.1. The summed E-state index contributed by atoms with van der Waals surface area (Å²) in [6.07, 6.45) is -0.169. The van der Waals surface area contributed by atoms with E-state index in [1.165, 1.54) is 19.2 Å². The van der Waals surface area contributed by atoms with Crippen molar-refractivity contribution in [3.05, 3.63) is 29.3 Å². The smallest absolute Gasteiger partial charge is 0.307 e. The van der Waals surface area contributed by atoms with Crippen LogP contribution >= 0.6 is 0 Å². The van der Waals surface area contributed by atoms with Gasteiger partial charge in [0.1, 0.15) is 5.75 Å².